The Morgan fingerprint density at radius 3 is 2.71 bits per heavy atom. The minimum Gasteiger partial charge on any atom is -0.360 e. The lowest BCUT2D eigenvalue weighted by Crippen LogP contribution is -2.41. The maximum Gasteiger partial charge on any atom is 0.166 e. The first-order valence-corrected chi connectivity index (χ1v) is 7.70. The van der Waals surface area contributed by atoms with Gasteiger partial charge in [0, 0.05) is 10.9 Å². The number of thiocarbonyl (C=S) groups is 1. The third kappa shape index (κ3) is 4.64. The summed E-state index contributed by atoms with van der Waals surface area (Å²) in [4.78, 5) is 1.33. The Morgan fingerprint density at radius 2 is 2.06 bits per heavy atom. The summed E-state index contributed by atoms with van der Waals surface area (Å²) in [6.45, 7) is 0.843. The predicted octanol–water partition coefficient (Wildman–Crippen LogP) is 3.44. The topological polar surface area (TPSA) is 24.1 Å². The highest BCUT2D eigenvalue weighted by atomic mass is 32.1. The first-order valence-electron chi connectivity index (χ1n) is 6.41. The molecule has 1 aliphatic rings. The van der Waals surface area contributed by atoms with E-state index in [0.717, 1.165) is 11.7 Å². The van der Waals surface area contributed by atoms with E-state index >= 15 is 0 Å². The molecule has 1 aromatic heterocycles. The highest BCUT2D eigenvalue weighted by Gasteiger charge is 2.12. The summed E-state index contributed by atoms with van der Waals surface area (Å²) in [5.41, 5.74) is 0. The molecule has 0 spiro atoms. The van der Waals surface area contributed by atoms with Crippen LogP contribution in [0, 0.1) is 0 Å². The molecule has 0 atom stereocenters. The van der Waals surface area contributed by atoms with E-state index in [1.807, 2.05) is 0 Å². The molecule has 0 aliphatic heterocycles. The molecule has 1 heterocycles. The second-order valence-electron chi connectivity index (χ2n) is 4.59. The minimum absolute atomic E-state index is 0.584. The highest BCUT2D eigenvalue weighted by Crippen LogP contribution is 2.17. The first-order chi connectivity index (χ1) is 8.34. The molecule has 94 valence electrons. The Morgan fingerprint density at radius 1 is 1.29 bits per heavy atom. The summed E-state index contributed by atoms with van der Waals surface area (Å²) in [7, 11) is 0. The fourth-order valence-electron chi connectivity index (χ4n) is 2.24. The van der Waals surface area contributed by atoms with Crippen molar-refractivity contribution in [3.05, 3.63) is 22.4 Å². The van der Waals surface area contributed by atoms with Crippen molar-refractivity contribution >= 4 is 28.7 Å². The Hall–Kier alpha value is -0.610. The minimum atomic E-state index is 0.584. The van der Waals surface area contributed by atoms with Crippen molar-refractivity contribution in [3.63, 3.8) is 0 Å². The zero-order chi connectivity index (χ0) is 11.9. The van der Waals surface area contributed by atoms with Gasteiger partial charge in [0.2, 0.25) is 0 Å². The van der Waals surface area contributed by atoms with Gasteiger partial charge < -0.3 is 10.6 Å². The molecular formula is C13H20N2S2. The third-order valence-corrected chi connectivity index (χ3v) is 4.33. The molecule has 17 heavy (non-hydrogen) atoms. The first kappa shape index (κ1) is 12.8. The molecule has 1 saturated carbocycles. The lowest BCUT2D eigenvalue weighted by molar-refractivity contribution is 0.529. The fourth-order valence-corrected chi connectivity index (χ4v) is 3.12. The molecule has 1 aliphatic carbocycles. The third-order valence-electron chi connectivity index (χ3n) is 3.19. The Labute approximate surface area is 113 Å². The normalized spacial score (nSPS) is 17.4. The van der Waals surface area contributed by atoms with Gasteiger partial charge >= 0.3 is 0 Å². The average molecular weight is 268 g/mol. The van der Waals surface area contributed by atoms with Gasteiger partial charge in [-0.25, -0.2) is 0 Å². The van der Waals surface area contributed by atoms with Crippen molar-refractivity contribution in [1.29, 1.82) is 0 Å². The number of hydrogen-bond donors (Lipinski definition) is 2. The van der Waals surface area contributed by atoms with Gasteiger partial charge in [-0.1, -0.05) is 31.7 Å². The summed E-state index contributed by atoms with van der Waals surface area (Å²) in [6, 6.07) is 4.79. The lowest BCUT2D eigenvalue weighted by atomic mass is 10.1. The second-order valence-corrected chi connectivity index (χ2v) is 6.04. The van der Waals surface area contributed by atoms with E-state index in [-0.39, 0.29) is 0 Å². The van der Waals surface area contributed by atoms with E-state index in [2.05, 4.69) is 28.1 Å². The summed E-state index contributed by atoms with van der Waals surface area (Å²) < 4.78 is 0. The molecule has 1 fully saturated rings. The van der Waals surface area contributed by atoms with Crippen LogP contribution in [-0.4, -0.2) is 11.2 Å². The van der Waals surface area contributed by atoms with Crippen LogP contribution in [0.3, 0.4) is 0 Å². The van der Waals surface area contributed by atoms with Crippen molar-refractivity contribution in [2.24, 2.45) is 0 Å². The Kier molecular flexibility index (Phi) is 5.26. The standard InChI is InChI=1S/C13H20N2S2/c16-13(14-10-12-8-5-9-17-12)15-11-6-3-1-2-4-7-11/h5,8-9,11H,1-4,6-7,10H2,(H2,14,15,16). The van der Waals surface area contributed by atoms with E-state index in [9.17, 15) is 0 Å². The smallest absolute Gasteiger partial charge is 0.166 e. The van der Waals surface area contributed by atoms with Crippen molar-refractivity contribution in [2.45, 2.75) is 51.1 Å². The maximum atomic E-state index is 5.33. The monoisotopic (exact) mass is 268 g/mol. The molecule has 0 saturated heterocycles. The predicted molar refractivity (Wildman–Crippen MR) is 78.4 cm³/mol. The molecule has 2 N–H and O–H groups in total. The molecule has 0 radical (unpaired) electrons. The Bertz CT molecular complexity index is 327. The summed E-state index contributed by atoms with van der Waals surface area (Å²) >= 11 is 7.10. The molecular weight excluding hydrogens is 248 g/mol. The second kappa shape index (κ2) is 6.97. The van der Waals surface area contributed by atoms with Gasteiger partial charge in [0.1, 0.15) is 0 Å². The highest BCUT2D eigenvalue weighted by molar-refractivity contribution is 7.80. The molecule has 0 aromatic carbocycles. The van der Waals surface area contributed by atoms with Crippen LogP contribution in [0.1, 0.15) is 43.4 Å². The molecule has 2 nitrogen and oxygen atoms in total. The van der Waals surface area contributed by atoms with E-state index < -0.39 is 0 Å². The molecule has 0 bridgehead atoms. The van der Waals surface area contributed by atoms with E-state index in [0.29, 0.717) is 6.04 Å². The fraction of sp³-hybridized carbons (Fsp3) is 0.615. The van der Waals surface area contributed by atoms with Gasteiger partial charge in [-0.3, -0.25) is 0 Å². The van der Waals surface area contributed by atoms with Crippen LogP contribution in [0.4, 0.5) is 0 Å². The van der Waals surface area contributed by atoms with Crippen molar-refractivity contribution in [2.75, 3.05) is 0 Å². The summed E-state index contributed by atoms with van der Waals surface area (Å²) in [6.07, 6.45) is 7.97. The van der Waals surface area contributed by atoms with Gasteiger partial charge in [-0.2, -0.15) is 0 Å². The van der Waals surface area contributed by atoms with Crippen molar-refractivity contribution < 1.29 is 0 Å². The van der Waals surface area contributed by atoms with Crippen molar-refractivity contribution in [1.82, 2.24) is 10.6 Å². The van der Waals surface area contributed by atoms with Crippen LogP contribution in [0.25, 0.3) is 0 Å². The molecule has 1 aromatic rings. The number of nitrogens with one attached hydrogen (secondary N) is 2. The largest absolute Gasteiger partial charge is 0.360 e. The van der Waals surface area contributed by atoms with E-state index in [1.165, 1.54) is 43.4 Å². The van der Waals surface area contributed by atoms with Crippen LogP contribution in [-0.2, 0) is 6.54 Å². The summed E-state index contributed by atoms with van der Waals surface area (Å²) in [5.74, 6) is 0. The zero-order valence-corrected chi connectivity index (χ0v) is 11.7. The summed E-state index contributed by atoms with van der Waals surface area (Å²) in [5, 5.41) is 9.64. The molecule has 4 heteroatoms. The maximum absolute atomic E-state index is 5.33. The van der Waals surface area contributed by atoms with Crippen LogP contribution in [0.15, 0.2) is 17.5 Å². The zero-order valence-electron chi connectivity index (χ0n) is 10.1. The van der Waals surface area contributed by atoms with E-state index in [1.54, 1.807) is 11.3 Å². The molecule has 0 unspecified atom stereocenters. The van der Waals surface area contributed by atoms with Crippen molar-refractivity contribution in [3.8, 4) is 0 Å². The number of hydrogen-bond acceptors (Lipinski definition) is 2. The van der Waals surface area contributed by atoms with Gasteiger partial charge in [0.15, 0.2) is 5.11 Å². The SMILES string of the molecule is S=C(NCc1cccs1)NC1CCCCCC1. The Balaban J connectivity index is 1.69. The van der Waals surface area contributed by atoms with Gasteiger partial charge in [0.05, 0.1) is 6.54 Å². The van der Waals surface area contributed by atoms with Gasteiger partial charge in [-0.05, 0) is 36.5 Å². The van der Waals surface area contributed by atoms with Crippen LogP contribution in [0.2, 0.25) is 0 Å². The van der Waals surface area contributed by atoms with Gasteiger partial charge in [0.25, 0.3) is 0 Å². The van der Waals surface area contributed by atoms with Crippen LogP contribution < -0.4 is 10.6 Å². The van der Waals surface area contributed by atoms with E-state index in [4.69, 9.17) is 12.2 Å². The van der Waals surface area contributed by atoms with Crippen LogP contribution >= 0.6 is 23.6 Å². The molecule has 0 amide bonds. The van der Waals surface area contributed by atoms with Gasteiger partial charge in [-0.15, -0.1) is 11.3 Å². The average Bonchev–Trinajstić information content (AvgIpc) is 2.72. The lowest BCUT2D eigenvalue weighted by Gasteiger charge is -2.18. The molecule has 2 rings (SSSR count). The quantitative estimate of drug-likeness (QED) is 0.649. The number of rotatable bonds is 3. The van der Waals surface area contributed by atoms with Crippen LogP contribution in [0.5, 0.6) is 0 Å². The number of thiophene rings is 1.